The van der Waals surface area contributed by atoms with Gasteiger partial charge in [0.05, 0.1) is 5.69 Å². The predicted molar refractivity (Wildman–Crippen MR) is 50.6 cm³/mol. The quantitative estimate of drug-likeness (QED) is 0.733. The van der Waals surface area contributed by atoms with Crippen LogP contribution in [0, 0.1) is 0 Å². The Hall–Kier alpha value is -1.09. The third-order valence-corrected chi connectivity index (χ3v) is 1.77. The van der Waals surface area contributed by atoms with Crippen LogP contribution in [0.25, 0.3) is 6.08 Å². The van der Waals surface area contributed by atoms with E-state index in [0.717, 1.165) is 12.2 Å². The van der Waals surface area contributed by atoms with E-state index in [1.807, 2.05) is 17.7 Å². The summed E-state index contributed by atoms with van der Waals surface area (Å²) in [5.41, 5.74) is 7.78. The van der Waals surface area contributed by atoms with Gasteiger partial charge in [-0.3, -0.25) is 4.68 Å². The third kappa shape index (κ3) is 1.95. The zero-order chi connectivity index (χ0) is 8.97. The molecule has 1 heterocycles. The largest absolute Gasteiger partial charge is 0.327 e. The summed E-state index contributed by atoms with van der Waals surface area (Å²) in [7, 11) is 0. The molecule has 0 aliphatic heterocycles. The van der Waals surface area contributed by atoms with Crippen LogP contribution in [-0.2, 0) is 6.54 Å². The summed E-state index contributed by atoms with van der Waals surface area (Å²) in [6.45, 7) is 5.60. The monoisotopic (exact) mass is 165 g/mol. The van der Waals surface area contributed by atoms with Crippen LogP contribution in [0.5, 0.6) is 0 Å². The molecule has 0 unspecified atom stereocenters. The highest BCUT2D eigenvalue weighted by molar-refractivity contribution is 5.48. The van der Waals surface area contributed by atoms with Crippen LogP contribution in [0.1, 0.15) is 19.5 Å². The van der Waals surface area contributed by atoms with Crippen molar-refractivity contribution in [2.75, 3.05) is 6.54 Å². The molecule has 0 atom stereocenters. The number of rotatable bonds is 3. The van der Waals surface area contributed by atoms with Gasteiger partial charge in [0.15, 0.2) is 0 Å². The van der Waals surface area contributed by atoms with E-state index in [4.69, 9.17) is 5.73 Å². The molecule has 0 spiro atoms. The fourth-order valence-corrected chi connectivity index (χ4v) is 1.04. The van der Waals surface area contributed by atoms with Gasteiger partial charge in [-0.05, 0) is 26.0 Å². The zero-order valence-corrected chi connectivity index (χ0v) is 7.62. The molecule has 3 nitrogen and oxygen atoms in total. The van der Waals surface area contributed by atoms with Gasteiger partial charge in [0.1, 0.15) is 0 Å². The van der Waals surface area contributed by atoms with Gasteiger partial charge in [0.25, 0.3) is 0 Å². The lowest BCUT2D eigenvalue weighted by atomic mass is 10.2. The lowest BCUT2D eigenvalue weighted by Gasteiger charge is -2.00. The lowest BCUT2D eigenvalue weighted by molar-refractivity contribution is 0.653. The van der Waals surface area contributed by atoms with Crippen molar-refractivity contribution >= 4 is 6.08 Å². The van der Waals surface area contributed by atoms with Crippen molar-refractivity contribution in [3.63, 3.8) is 0 Å². The smallest absolute Gasteiger partial charge is 0.0609 e. The first-order valence-corrected chi connectivity index (χ1v) is 4.17. The summed E-state index contributed by atoms with van der Waals surface area (Å²) in [6, 6.07) is 1.99. The molecule has 0 aliphatic carbocycles. The number of hydrogen-bond acceptors (Lipinski definition) is 2. The van der Waals surface area contributed by atoms with Crippen LogP contribution in [0.3, 0.4) is 0 Å². The molecular weight excluding hydrogens is 150 g/mol. The first-order chi connectivity index (χ1) is 5.77. The highest BCUT2D eigenvalue weighted by Crippen LogP contribution is 2.04. The molecule has 66 valence electrons. The van der Waals surface area contributed by atoms with Crippen molar-refractivity contribution in [3.05, 3.63) is 23.5 Å². The van der Waals surface area contributed by atoms with E-state index in [9.17, 15) is 0 Å². The molecule has 12 heavy (non-hydrogen) atoms. The summed E-state index contributed by atoms with van der Waals surface area (Å²) in [5, 5.41) is 4.15. The fourth-order valence-electron chi connectivity index (χ4n) is 1.04. The molecule has 0 fully saturated rings. The second kappa shape index (κ2) is 4.07. The standard InChI is InChI=1S/C9H15N3/c1-3-12-9(4-5-11-12)6-8(2)7-10/h4-6H,3,7,10H2,1-2H3/b8-6-. The minimum Gasteiger partial charge on any atom is -0.327 e. The van der Waals surface area contributed by atoms with E-state index in [2.05, 4.69) is 18.1 Å². The molecule has 1 aromatic heterocycles. The van der Waals surface area contributed by atoms with Gasteiger partial charge < -0.3 is 5.73 Å². The van der Waals surface area contributed by atoms with Gasteiger partial charge in [-0.1, -0.05) is 5.57 Å². The first-order valence-electron chi connectivity index (χ1n) is 4.17. The topological polar surface area (TPSA) is 43.8 Å². The second-order valence-electron chi connectivity index (χ2n) is 2.77. The summed E-state index contributed by atoms with van der Waals surface area (Å²) in [6.07, 6.45) is 3.87. The van der Waals surface area contributed by atoms with Crippen molar-refractivity contribution in [1.82, 2.24) is 9.78 Å². The Morgan fingerprint density at radius 2 is 2.50 bits per heavy atom. The Morgan fingerprint density at radius 1 is 1.75 bits per heavy atom. The molecule has 2 N–H and O–H groups in total. The number of nitrogens with zero attached hydrogens (tertiary/aromatic N) is 2. The predicted octanol–water partition coefficient (Wildman–Crippen LogP) is 1.27. The number of aryl methyl sites for hydroxylation is 1. The molecule has 0 saturated carbocycles. The van der Waals surface area contributed by atoms with Crippen molar-refractivity contribution in [1.29, 1.82) is 0 Å². The van der Waals surface area contributed by atoms with E-state index in [1.165, 1.54) is 5.57 Å². The van der Waals surface area contributed by atoms with E-state index in [-0.39, 0.29) is 0 Å². The Balaban J connectivity index is 2.87. The van der Waals surface area contributed by atoms with E-state index >= 15 is 0 Å². The van der Waals surface area contributed by atoms with Gasteiger partial charge >= 0.3 is 0 Å². The summed E-state index contributed by atoms with van der Waals surface area (Å²) < 4.78 is 1.94. The molecule has 3 heteroatoms. The van der Waals surface area contributed by atoms with E-state index < -0.39 is 0 Å². The van der Waals surface area contributed by atoms with E-state index in [1.54, 1.807) is 6.20 Å². The molecule has 0 bridgehead atoms. The molecule has 0 saturated heterocycles. The maximum Gasteiger partial charge on any atom is 0.0609 e. The molecule has 1 aromatic rings. The van der Waals surface area contributed by atoms with Gasteiger partial charge in [0.2, 0.25) is 0 Å². The van der Waals surface area contributed by atoms with Crippen LogP contribution in [0.4, 0.5) is 0 Å². The van der Waals surface area contributed by atoms with Gasteiger partial charge in [-0.25, -0.2) is 0 Å². The van der Waals surface area contributed by atoms with E-state index in [0.29, 0.717) is 6.54 Å². The maximum absolute atomic E-state index is 5.48. The van der Waals surface area contributed by atoms with Crippen LogP contribution in [-0.4, -0.2) is 16.3 Å². The Morgan fingerprint density at radius 3 is 3.08 bits per heavy atom. The van der Waals surface area contributed by atoms with Gasteiger partial charge in [0, 0.05) is 19.3 Å². The molecule has 0 aromatic carbocycles. The van der Waals surface area contributed by atoms with Crippen LogP contribution in [0.15, 0.2) is 17.8 Å². The van der Waals surface area contributed by atoms with Crippen LogP contribution in [0.2, 0.25) is 0 Å². The summed E-state index contributed by atoms with van der Waals surface area (Å²) in [4.78, 5) is 0. The second-order valence-corrected chi connectivity index (χ2v) is 2.77. The van der Waals surface area contributed by atoms with Gasteiger partial charge in [-0.15, -0.1) is 0 Å². The van der Waals surface area contributed by atoms with Crippen molar-refractivity contribution < 1.29 is 0 Å². The number of aromatic nitrogens is 2. The minimum atomic E-state index is 0.606. The molecule has 0 aliphatic rings. The van der Waals surface area contributed by atoms with Crippen LogP contribution >= 0.6 is 0 Å². The number of hydrogen-bond donors (Lipinski definition) is 1. The van der Waals surface area contributed by atoms with Gasteiger partial charge in [-0.2, -0.15) is 5.10 Å². The highest BCUT2D eigenvalue weighted by Gasteiger charge is 1.95. The van der Waals surface area contributed by atoms with Crippen LogP contribution < -0.4 is 5.73 Å². The minimum absolute atomic E-state index is 0.606. The average Bonchev–Trinajstić information content (AvgIpc) is 2.51. The zero-order valence-electron chi connectivity index (χ0n) is 7.62. The Labute approximate surface area is 72.9 Å². The Bertz CT molecular complexity index is 273. The van der Waals surface area contributed by atoms with Crippen molar-refractivity contribution in [3.8, 4) is 0 Å². The fraction of sp³-hybridized carbons (Fsp3) is 0.444. The summed E-state index contributed by atoms with van der Waals surface area (Å²) >= 11 is 0. The highest BCUT2D eigenvalue weighted by atomic mass is 15.3. The molecule has 0 radical (unpaired) electrons. The SMILES string of the molecule is CCn1nccc1/C=C(/C)CN. The third-order valence-electron chi connectivity index (χ3n) is 1.77. The lowest BCUT2D eigenvalue weighted by Crippen LogP contribution is -2.02. The normalized spacial score (nSPS) is 12.1. The van der Waals surface area contributed by atoms with Crippen molar-refractivity contribution in [2.24, 2.45) is 5.73 Å². The molecule has 0 amide bonds. The number of nitrogens with two attached hydrogens (primary N) is 1. The molecule has 1 rings (SSSR count). The summed E-state index contributed by atoms with van der Waals surface area (Å²) in [5.74, 6) is 0. The van der Waals surface area contributed by atoms with Crippen molar-refractivity contribution in [2.45, 2.75) is 20.4 Å². The Kier molecular flexibility index (Phi) is 3.05. The maximum atomic E-state index is 5.48. The molecular formula is C9H15N3. The first kappa shape index (κ1) is 9.00. The average molecular weight is 165 g/mol.